The highest BCUT2D eigenvalue weighted by molar-refractivity contribution is 5.96. The number of pyridine rings is 1. The topological polar surface area (TPSA) is 96.7 Å². The van der Waals surface area contributed by atoms with E-state index < -0.39 is 11.7 Å². The summed E-state index contributed by atoms with van der Waals surface area (Å²) in [4.78, 5) is 18.3. The molecule has 30 heavy (non-hydrogen) atoms. The maximum atomic E-state index is 11.8. The fourth-order valence-corrected chi connectivity index (χ4v) is 3.56. The van der Waals surface area contributed by atoms with Gasteiger partial charge >= 0.3 is 6.09 Å². The lowest BCUT2D eigenvalue weighted by Crippen LogP contribution is -2.48. The van der Waals surface area contributed by atoms with Crippen LogP contribution in [0.5, 0.6) is 11.5 Å². The number of fused-ring (bicyclic) bond motifs is 1. The molecule has 2 heterocycles. The number of hydrogen-bond acceptors (Lipinski definition) is 7. The maximum absolute atomic E-state index is 11.8. The number of nitrogens with one attached hydrogen (secondary N) is 1. The van der Waals surface area contributed by atoms with E-state index in [-0.39, 0.29) is 0 Å². The molecule has 0 unspecified atom stereocenters. The molecule has 1 fully saturated rings. The van der Waals surface area contributed by atoms with Crippen LogP contribution < -0.4 is 19.7 Å². The fraction of sp³-hybridized carbons (Fsp3) is 0.500. The predicted octanol–water partition coefficient (Wildman–Crippen LogP) is 3.47. The van der Waals surface area contributed by atoms with Crippen LogP contribution in [0.15, 0.2) is 18.3 Å². The van der Waals surface area contributed by atoms with Gasteiger partial charge in [-0.25, -0.2) is 4.79 Å². The minimum Gasteiger partial charge on any atom is -0.493 e. The average Bonchev–Trinajstić information content (AvgIpc) is 2.66. The Hall–Kier alpha value is -3.21. The van der Waals surface area contributed by atoms with Crippen molar-refractivity contribution in [1.29, 1.82) is 5.26 Å². The van der Waals surface area contributed by atoms with Crippen molar-refractivity contribution in [1.82, 2.24) is 10.3 Å². The molecule has 1 aromatic heterocycles. The van der Waals surface area contributed by atoms with Crippen LogP contribution >= 0.6 is 0 Å². The average molecular weight is 412 g/mol. The first kappa shape index (κ1) is 21.5. The minimum atomic E-state index is -0.503. The second-order valence-corrected chi connectivity index (χ2v) is 8.34. The number of carbonyl (C=O) groups excluding carboxylic acids is 1. The summed E-state index contributed by atoms with van der Waals surface area (Å²) in [7, 11) is 3.17. The van der Waals surface area contributed by atoms with E-state index in [4.69, 9.17) is 14.2 Å². The van der Waals surface area contributed by atoms with Crippen molar-refractivity contribution >= 4 is 22.7 Å². The van der Waals surface area contributed by atoms with E-state index in [0.29, 0.717) is 29.5 Å². The SMILES string of the molecule is COc1cc2ncc(C#N)c(N3CC(CCNC(=O)OC(C)(C)C)C3)c2cc1OC. The first-order chi connectivity index (χ1) is 14.3. The molecular weight excluding hydrogens is 384 g/mol. The van der Waals surface area contributed by atoms with Crippen LogP contribution in [-0.4, -0.2) is 50.5 Å². The number of methoxy groups -OCH3 is 2. The Morgan fingerprint density at radius 2 is 1.93 bits per heavy atom. The summed E-state index contributed by atoms with van der Waals surface area (Å²) in [6, 6.07) is 5.94. The van der Waals surface area contributed by atoms with Crippen LogP contribution in [0.4, 0.5) is 10.5 Å². The second-order valence-electron chi connectivity index (χ2n) is 8.34. The molecule has 0 saturated carbocycles. The molecule has 0 atom stereocenters. The van der Waals surface area contributed by atoms with Gasteiger partial charge in [-0.05, 0) is 39.2 Å². The standard InChI is InChI=1S/C22H28N4O4/c1-22(2,3)30-21(27)24-7-6-14-12-26(13-14)20-15(10-23)11-25-17-9-19(29-5)18(28-4)8-16(17)20/h8-9,11,14H,6-7,12-13H2,1-5H3,(H,24,27). The molecule has 1 aromatic carbocycles. The number of ether oxygens (including phenoxy) is 3. The summed E-state index contributed by atoms with van der Waals surface area (Å²) in [5.74, 6) is 1.62. The zero-order valence-electron chi connectivity index (χ0n) is 18.1. The van der Waals surface area contributed by atoms with Crippen molar-refractivity contribution in [2.24, 2.45) is 5.92 Å². The van der Waals surface area contributed by atoms with Crippen LogP contribution in [0.3, 0.4) is 0 Å². The normalized spacial score (nSPS) is 14.1. The third-order valence-electron chi connectivity index (χ3n) is 4.96. The van der Waals surface area contributed by atoms with Gasteiger partial charge in [0.1, 0.15) is 11.7 Å². The first-order valence-corrected chi connectivity index (χ1v) is 9.92. The molecule has 160 valence electrons. The molecule has 1 aliphatic rings. The van der Waals surface area contributed by atoms with E-state index in [9.17, 15) is 10.1 Å². The smallest absolute Gasteiger partial charge is 0.407 e. The molecule has 0 aliphatic carbocycles. The molecule has 0 radical (unpaired) electrons. The van der Waals surface area contributed by atoms with Crippen LogP contribution in [0.2, 0.25) is 0 Å². The largest absolute Gasteiger partial charge is 0.493 e. The zero-order valence-corrected chi connectivity index (χ0v) is 18.1. The van der Waals surface area contributed by atoms with Crippen LogP contribution in [0.25, 0.3) is 10.9 Å². The Kier molecular flexibility index (Phi) is 6.20. The minimum absolute atomic E-state index is 0.397. The van der Waals surface area contributed by atoms with Gasteiger partial charge in [-0.3, -0.25) is 4.98 Å². The number of amides is 1. The van der Waals surface area contributed by atoms with Gasteiger partial charge in [0.15, 0.2) is 11.5 Å². The number of anilines is 1. The molecule has 8 nitrogen and oxygen atoms in total. The molecule has 0 spiro atoms. The van der Waals surface area contributed by atoms with Crippen LogP contribution in [0.1, 0.15) is 32.8 Å². The Morgan fingerprint density at radius 1 is 1.27 bits per heavy atom. The van der Waals surface area contributed by atoms with E-state index in [1.54, 1.807) is 20.4 Å². The number of nitrogens with zero attached hydrogens (tertiary/aromatic N) is 3. The van der Waals surface area contributed by atoms with Gasteiger partial charge in [-0.2, -0.15) is 5.26 Å². The highest BCUT2D eigenvalue weighted by Gasteiger charge is 2.30. The molecule has 1 aliphatic heterocycles. The van der Waals surface area contributed by atoms with E-state index >= 15 is 0 Å². The summed E-state index contributed by atoms with van der Waals surface area (Å²) < 4.78 is 16.0. The lowest BCUT2D eigenvalue weighted by molar-refractivity contribution is 0.0524. The molecule has 2 aromatic rings. The quantitative estimate of drug-likeness (QED) is 0.776. The van der Waals surface area contributed by atoms with Crippen molar-refractivity contribution in [3.63, 3.8) is 0 Å². The van der Waals surface area contributed by atoms with E-state index in [0.717, 1.165) is 36.1 Å². The summed E-state index contributed by atoms with van der Waals surface area (Å²) in [6.45, 7) is 7.68. The highest BCUT2D eigenvalue weighted by atomic mass is 16.6. The highest BCUT2D eigenvalue weighted by Crippen LogP contribution is 2.39. The van der Waals surface area contributed by atoms with Gasteiger partial charge < -0.3 is 24.4 Å². The third kappa shape index (κ3) is 4.67. The summed E-state index contributed by atoms with van der Waals surface area (Å²) in [5, 5.41) is 13.3. The van der Waals surface area contributed by atoms with E-state index in [1.807, 2.05) is 32.9 Å². The van der Waals surface area contributed by atoms with Gasteiger partial charge in [-0.15, -0.1) is 0 Å². The van der Waals surface area contributed by atoms with Crippen molar-refractivity contribution < 1.29 is 19.0 Å². The maximum Gasteiger partial charge on any atom is 0.407 e. The third-order valence-corrected chi connectivity index (χ3v) is 4.96. The van der Waals surface area contributed by atoms with Gasteiger partial charge in [0.25, 0.3) is 0 Å². The van der Waals surface area contributed by atoms with Crippen molar-refractivity contribution in [3.05, 3.63) is 23.9 Å². The van der Waals surface area contributed by atoms with Gasteiger partial charge in [0, 0.05) is 37.3 Å². The molecule has 3 rings (SSSR count). The lowest BCUT2D eigenvalue weighted by Gasteiger charge is -2.42. The fourth-order valence-electron chi connectivity index (χ4n) is 3.56. The molecule has 1 saturated heterocycles. The van der Waals surface area contributed by atoms with Gasteiger partial charge in [0.05, 0.1) is 31.0 Å². The lowest BCUT2D eigenvalue weighted by atomic mass is 9.93. The summed E-state index contributed by atoms with van der Waals surface area (Å²) in [6.07, 6.45) is 2.05. The van der Waals surface area contributed by atoms with Crippen molar-refractivity contribution in [2.75, 3.05) is 38.8 Å². The van der Waals surface area contributed by atoms with Gasteiger partial charge in [0.2, 0.25) is 0 Å². The molecule has 1 amide bonds. The van der Waals surface area contributed by atoms with Crippen LogP contribution in [-0.2, 0) is 4.74 Å². The summed E-state index contributed by atoms with van der Waals surface area (Å²) >= 11 is 0. The number of rotatable bonds is 6. The Bertz CT molecular complexity index is 972. The van der Waals surface area contributed by atoms with Crippen LogP contribution in [0, 0.1) is 17.2 Å². The molecule has 8 heteroatoms. The Morgan fingerprint density at radius 3 is 2.53 bits per heavy atom. The molecule has 1 N–H and O–H groups in total. The van der Waals surface area contributed by atoms with Crippen molar-refractivity contribution in [3.8, 4) is 17.6 Å². The number of aromatic nitrogens is 1. The monoisotopic (exact) mass is 412 g/mol. The number of alkyl carbamates (subject to hydrolysis) is 1. The molecular formula is C22H28N4O4. The Labute approximate surface area is 176 Å². The first-order valence-electron chi connectivity index (χ1n) is 9.92. The summed E-state index contributed by atoms with van der Waals surface area (Å²) in [5.41, 5.74) is 1.63. The predicted molar refractivity (Wildman–Crippen MR) is 114 cm³/mol. The Balaban J connectivity index is 1.69. The number of hydrogen-bond donors (Lipinski definition) is 1. The van der Waals surface area contributed by atoms with Gasteiger partial charge in [-0.1, -0.05) is 0 Å². The molecule has 0 bridgehead atoms. The zero-order chi connectivity index (χ0) is 21.9. The van der Waals surface area contributed by atoms with E-state index in [1.165, 1.54) is 0 Å². The number of carbonyl (C=O) groups is 1. The second kappa shape index (κ2) is 8.66. The van der Waals surface area contributed by atoms with E-state index in [2.05, 4.69) is 21.3 Å². The van der Waals surface area contributed by atoms with Crippen molar-refractivity contribution in [2.45, 2.75) is 32.8 Å². The number of benzene rings is 1. The number of nitriles is 1.